The molecule has 0 aliphatic heterocycles. The SMILES string of the molecule is Clc1nccc(Nc2ccc3ncsc3c2)n1. The Labute approximate surface area is 106 Å². The zero-order valence-electron chi connectivity index (χ0n) is 8.59. The number of hydrogen-bond donors (Lipinski definition) is 1. The summed E-state index contributed by atoms with van der Waals surface area (Å²) in [6.07, 6.45) is 1.61. The number of thiazole rings is 1. The Hall–Kier alpha value is -1.72. The summed E-state index contributed by atoms with van der Waals surface area (Å²) < 4.78 is 1.13. The van der Waals surface area contributed by atoms with Crippen LogP contribution in [0.5, 0.6) is 0 Å². The van der Waals surface area contributed by atoms with Crippen LogP contribution < -0.4 is 5.32 Å². The fourth-order valence-corrected chi connectivity index (χ4v) is 2.35. The van der Waals surface area contributed by atoms with Crippen molar-refractivity contribution in [1.29, 1.82) is 0 Å². The molecule has 2 aromatic heterocycles. The topological polar surface area (TPSA) is 50.7 Å². The fourth-order valence-electron chi connectivity index (χ4n) is 1.49. The van der Waals surface area contributed by atoms with Gasteiger partial charge in [-0.15, -0.1) is 11.3 Å². The van der Waals surface area contributed by atoms with Crippen LogP contribution >= 0.6 is 22.9 Å². The zero-order valence-corrected chi connectivity index (χ0v) is 10.2. The lowest BCUT2D eigenvalue weighted by Crippen LogP contribution is -1.94. The van der Waals surface area contributed by atoms with E-state index in [0.29, 0.717) is 5.82 Å². The molecule has 4 nitrogen and oxygen atoms in total. The van der Waals surface area contributed by atoms with E-state index in [2.05, 4.69) is 20.3 Å². The van der Waals surface area contributed by atoms with Crippen molar-refractivity contribution in [1.82, 2.24) is 15.0 Å². The highest BCUT2D eigenvalue weighted by atomic mass is 35.5. The van der Waals surface area contributed by atoms with Gasteiger partial charge in [-0.2, -0.15) is 0 Å². The third kappa shape index (κ3) is 2.20. The van der Waals surface area contributed by atoms with Gasteiger partial charge in [-0.1, -0.05) is 0 Å². The number of fused-ring (bicyclic) bond motifs is 1. The summed E-state index contributed by atoms with van der Waals surface area (Å²) in [5.41, 5.74) is 3.79. The van der Waals surface area contributed by atoms with Gasteiger partial charge in [0.15, 0.2) is 0 Å². The van der Waals surface area contributed by atoms with Crippen molar-refractivity contribution in [2.24, 2.45) is 0 Å². The third-order valence-corrected chi connectivity index (χ3v) is 3.20. The summed E-state index contributed by atoms with van der Waals surface area (Å²) >= 11 is 7.32. The van der Waals surface area contributed by atoms with Gasteiger partial charge in [0, 0.05) is 11.9 Å². The van der Waals surface area contributed by atoms with Crippen molar-refractivity contribution in [3.63, 3.8) is 0 Å². The van der Waals surface area contributed by atoms with Gasteiger partial charge in [0.05, 0.1) is 15.7 Å². The largest absolute Gasteiger partial charge is 0.340 e. The maximum absolute atomic E-state index is 5.72. The maximum Gasteiger partial charge on any atom is 0.224 e. The molecule has 1 aromatic carbocycles. The van der Waals surface area contributed by atoms with E-state index >= 15 is 0 Å². The van der Waals surface area contributed by atoms with Gasteiger partial charge in [-0.3, -0.25) is 0 Å². The Morgan fingerprint density at radius 2 is 2.12 bits per heavy atom. The van der Waals surface area contributed by atoms with Crippen LogP contribution in [-0.2, 0) is 0 Å². The fraction of sp³-hybridized carbons (Fsp3) is 0. The summed E-state index contributed by atoms with van der Waals surface area (Å²) in [6.45, 7) is 0. The molecule has 3 rings (SSSR count). The number of aromatic nitrogens is 3. The molecule has 0 saturated carbocycles. The average molecular weight is 263 g/mol. The van der Waals surface area contributed by atoms with Crippen LogP contribution in [0, 0.1) is 0 Å². The first kappa shape index (κ1) is 10.4. The second-order valence-electron chi connectivity index (χ2n) is 3.37. The van der Waals surface area contributed by atoms with E-state index < -0.39 is 0 Å². The second-order valence-corrected chi connectivity index (χ2v) is 4.60. The standard InChI is InChI=1S/C11H7ClN4S/c12-11-13-4-3-10(16-11)15-7-1-2-8-9(5-7)17-6-14-8/h1-6H,(H,13,15,16). The van der Waals surface area contributed by atoms with E-state index in [9.17, 15) is 0 Å². The monoisotopic (exact) mass is 262 g/mol. The molecule has 0 fully saturated rings. The second kappa shape index (κ2) is 4.27. The summed E-state index contributed by atoms with van der Waals surface area (Å²) in [5, 5.41) is 3.40. The molecule has 0 aliphatic rings. The predicted molar refractivity (Wildman–Crippen MR) is 69.9 cm³/mol. The highest BCUT2D eigenvalue weighted by molar-refractivity contribution is 7.16. The van der Waals surface area contributed by atoms with Gasteiger partial charge in [-0.05, 0) is 35.9 Å². The van der Waals surface area contributed by atoms with Crippen LogP contribution in [-0.4, -0.2) is 15.0 Å². The molecule has 0 spiro atoms. The van der Waals surface area contributed by atoms with Crippen LogP contribution in [0.4, 0.5) is 11.5 Å². The molecule has 0 aliphatic carbocycles. The molecule has 0 atom stereocenters. The first-order valence-electron chi connectivity index (χ1n) is 4.90. The van der Waals surface area contributed by atoms with Crippen molar-refractivity contribution < 1.29 is 0 Å². The summed E-state index contributed by atoms with van der Waals surface area (Å²) in [7, 11) is 0. The van der Waals surface area contributed by atoms with Gasteiger partial charge in [0.25, 0.3) is 0 Å². The first-order chi connectivity index (χ1) is 8.31. The Morgan fingerprint density at radius 3 is 3.00 bits per heavy atom. The van der Waals surface area contributed by atoms with Crippen molar-refractivity contribution in [3.05, 3.63) is 41.3 Å². The lowest BCUT2D eigenvalue weighted by molar-refractivity contribution is 1.17. The predicted octanol–water partition coefficient (Wildman–Crippen LogP) is 3.48. The average Bonchev–Trinajstić information content (AvgIpc) is 2.76. The number of benzene rings is 1. The minimum absolute atomic E-state index is 0.230. The molecule has 6 heteroatoms. The van der Waals surface area contributed by atoms with Crippen LogP contribution in [0.1, 0.15) is 0 Å². The number of nitrogens with one attached hydrogen (secondary N) is 1. The van der Waals surface area contributed by atoms with Crippen molar-refractivity contribution in [2.75, 3.05) is 5.32 Å². The minimum Gasteiger partial charge on any atom is -0.340 e. The molecule has 0 radical (unpaired) electrons. The number of rotatable bonds is 2. The number of nitrogens with zero attached hydrogens (tertiary/aromatic N) is 3. The Bertz CT molecular complexity index is 667. The maximum atomic E-state index is 5.72. The van der Waals surface area contributed by atoms with E-state index in [1.54, 1.807) is 23.6 Å². The highest BCUT2D eigenvalue weighted by Crippen LogP contribution is 2.23. The zero-order chi connectivity index (χ0) is 11.7. The molecule has 3 aromatic rings. The Morgan fingerprint density at radius 1 is 1.18 bits per heavy atom. The molecule has 17 heavy (non-hydrogen) atoms. The van der Waals surface area contributed by atoms with E-state index in [0.717, 1.165) is 15.9 Å². The van der Waals surface area contributed by atoms with Crippen molar-refractivity contribution in [2.45, 2.75) is 0 Å². The van der Waals surface area contributed by atoms with Crippen LogP contribution in [0.15, 0.2) is 36.0 Å². The number of halogens is 1. The molecular formula is C11H7ClN4S. The molecule has 0 saturated heterocycles. The third-order valence-electron chi connectivity index (χ3n) is 2.23. The van der Waals surface area contributed by atoms with Gasteiger partial charge >= 0.3 is 0 Å². The van der Waals surface area contributed by atoms with E-state index in [1.807, 2.05) is 23.7 Å². The summed E-state index contributed by atoms with van der Waals surface area (Å²) in [4.78, 5) is 12.1. The number of hydrogen-bond acceptors (Lipinski definition) is 5. The molecule has 2 heterocycles. The van der Waals surface area contributed by atoms with E-state index in [1.165, 1.54) is 0 Å². The normalized spacial score (nSPS) is 10.6. The number of anilines is 2. The van der Waals surface area contributed by atoms with Crippen LogP contribution in [0.3, 0.4) is 0 Å². The van der Waals surface area contributed by atoms with Gasteiger partial charge in [0.2, 0.25) is 5.28 Å². The molecule has 0 unspecified atom stereocenters. The van der Waals surface area contributed by atoms with Gasteiger partial charge < -0.3 is 5.32 Å². The molecule has 0 amide bonds. The van der Waals surface area contributed by atoms with Crippen molar-refractivity contribution in [3.8, 4) is 0 Å². The minimum atomic E-state index is 0.230. The van der Waals surface area contributed by atoms with Gasteiger partial charge in [0.1, 0.15) is 5.82 Å². The quantitative estimate of drug-likeness (QED) is 0.719. The Balaban J connectivity index is 1.94. The van der Waals surface area contributed by atoms with E-state index in [4.69, 9.17) is 11.6 Å². The van der Waals surface area contributed by atoms with Crippen molar-refractivity contribution >= 4 is 44.7 Å². The highest BCUT2D eigenvalue weighted by Gasteiger charge is 2.01. The lowest BCUT2D eigenvalue weighted by atomic mass is 10.3. The molecule has 1 N–H and O–H groups in total. The van der Waals surface area contributed by atoms with Gasteiger partial charge in [-0.25, -0.2) is 15.0 Å². The lowest BCUT2D eigenvalue weighted by Gasteiger charge is -2.04. The smallest absolute Gasteiger partial charge is 0.224 e. The molecule has 0 bridgehead atoms. The summed E-state index contributed by atoms with van der Waals surface area (Å²) in [6, 6.07) is 7.72. The molecular weight excluding hydrogens is 256 g/mol. The molecule has 84 valence electrons. The van der Waals surface area contributed by atoms with E-state index in [-0.39, 0.29) is 5.28 Å². The first-order valence-corrected chi connectivity index (χ1v) is 6.16. The van der Waals surface area contributed by atoms with Crippen LogP contribution in [0.2, 0.25) is 5.28 Å². The summed E-state index contributed by atoms with van der Waals surface area (Å²) in [5.74, 6) is 0.675. The van der Waals surface area contributed by atoms with Crippen LogP contribution in [0.25, 0.3) is 10.2 Å². The Kier molecular flexibility index (Phi) is 2.62.